The van der Waals surface area contributed by atoms with Gasteiger partial charge in [0.2, 0.25) is 5.91 Å². The lowest BCUT2D eigenvalue weighted by Crippen LogP contribution is -2.53. The Bertz CT molecular complexity index is 455. The van der Waals surface area contributed by atoms with E-state index in [1.165, 1.54) is 0 Å². The fraction of sp³-hybridized carbons (Fsp3) is 0.714. The Morgan fingerprint density at radius 3 is 2.76 bits per heavy atom. The third-order valence-electron chi connectivity index (χ3n) is 3.82. The van der Waals surface area contributed by atoms with E-state index in [0.717, 1.165) is 39.3 Å². The van der Waals surface area contributed by atoms with Crippen LogP contribution in [0.25, 0.3) is 0 Å². The van der Waals surface area contributed by atoms with Gasteiger partial charge in [0, 0.05) is 45.9 Å². The van der Waals surface area contributed by atoms with Gasteiger partial charge in [0.05, 0.1) is 12.6 Å². The quantitative estimate of drug-likeness (QED) is 0.828. The van der Waals surface area contributed by atoms with E-state index in [0.29, 0.717) is 11.6 Å². The molecule has 1 aromatic rings. The third-order valence-corrected chi connectivity index (χ3v) is 3.82. The van der Waals surface area contributed by atoms with Crippen molar-refractivity contribution < 1.29 is 14.1 Å². The van der Waals surface area contributed by atoms with Crippen molar-refractivity contribution in [3.63, 3.8) is 0 Å². The molecule has 7 nitrogen and oxygen atoms in total. The van der Waals surface area contributed by atoms with Gasteiger partial charge in [-0.2, -0.15) is 0 Å². The highest BCUT2D eigenvalue weighted by Gasteiger charge is 2.25. The van der Waals surface area contributed by atoms with Crippen LogP contribution in [0.15, 0.2) is 10.6 Å². The summed E-state index contributed by atoms with van der Waals surface area (Å²) < 4.78 is 10.0. The van der Waals surface area contributed by atoms with E-state index in [1.54, 1.807) is 20.1 Å². The van der Waals surface area contributed by atoms with E-state index in [2.05, 4.69) is 20.3 Å². The van der Waals surface area contributed by atoms with Crippen LogP contribution in [0.1, 0.15) is 12.7 Å². The number of hydrogen-bond donors (Lipinski definition) is 1. The van der Waals surface area contributed by atoms with Crippen molar-refractivity contribution >= 4 is 11.7 Å². The molecule has 21 heavy (non-hydrogen) atoms. The van der Waals surface area contributed by atoms with Crippen molar-refractivity contribution in [1.82, 2.24) is 15.0 Å². The zero-order valence-electron chi connectivity index (χ0n) is 13.0. The molecule has 1 fully saturated rings. The second kappa shape index (κ2) is 7.53. The van der Waals surface area contributed by atoms with Gasteiger partial charge < -0.3 is 14.6 Å². The van der Waals surface area contributed by atoms with Gasteiger partial charge in [0.25, 0.3) is 0 Å². The molecule has 1 aliphatic rings. The number of hydrogen-bond acceptors (Lipinski definition) is 6. The molecule has 2 heterocycles. The van der Waals surface area contributed by atoms with Crippen molar-refractivity contribution in [1.29, 1.82) is 0 Å². The normalized spacial score (nSPS) is 18.6. The summed E-state index contributed by atoms with van der Waals surface area (Å²) >= 11 is 0. The van der Waals surface area contributed by atoms with E-state index in [9.17, 15) is 4.79 Å². The van der Waals surface area contributed by atoms with Crippen LogP contribution in [0.4, 0.5) is 5.82 Å². The molecule has 0 bridgehead atoms. The summed E-state index contributed by atoms with van der Waals surface area (Å²) in [5, 5.41) is 6.57. The molecule has 0 saturated carbocycles. The number of aryl methyl sites for hydroxylation is 1. The average Bonchev–Trinajstić information content (AvgIpc) is 2.90. The highest BCUT2D eigenvalue weighted by atomic mass is 16.5. The Kier molecular flexibility index (Phi) is 5.72. The molecule has 0 unspecified atom stereocenters. The Hall–Kier alpha value is -1.44. The predicted molar refractivity (Wildman–Crippen MR) is 79.2 cm³/mol. The lowest BCUT2D eigenvalue weighted by molar-refractivity contribution is -0.121. The number of aromatic nitrogens is 1. The Labute approximate surface area is 125 Å². The van der Waals surface area contributed by atoms with E-state index in [4.69, 9.17) is 9.26 Å². The number of methoxy groups -OCH3 is 1. The summed E-state index contributed by atoms with van der Waals surface area (Å²) in [5.74, 6) is 1.11. The SMILES string of the molecule is COCCN1CCN([C@@H](C)C(=O)Nc2cc(C)on2)CC1. The number of anilines is 1. The first-order valence-corrected chi connectivity index (χ1v) is 7.29. The zero-order valence-corrected chi connectivity index (χ0v) is 13.0. The largest absolute Gasteiger partial charge is 0.383 e. The first-order valence-electron chi connectivity index (χ1n) is 7.29. The van der Waals surface area contributed by atoms with Gasteiger partial charge in [-0.25, -0.2) is 0 Å². The number of rotatable bonds is 6. The number of nitrogens with zero attached hydrogens (tertiary/aromatic N) is 3. The monoisotopic (exact) mass is 296 g/mol. The molecule has 7 heteroatoms. The van der Waals surface area contributed by atoms with Crippen LogP contribution in [0, 0.1) is 6.92 Å². The summed E-state index contributed by atoms with van der Waals surface area (Å²) in [4.78, 5) is 16.7. The van der Waals surface area contributed by atoms with Gasteiger partial charge in [-0.15, -0.1) is 0 Å². The lowest BCUT2D eigenvalue weighted by Gasteiger charge is -2.37. The topological polar surface area (TPSA) is 70.8 Å². The second-order valence-corrected chi connectivity index (χ2v) is 5.36. The summed E-state index contributed by atoms with van der Waals surface area (Å²) in [7, 11) is 1.72. The van der Waals surface area contributed by atoms with Gasteiger partial charge in [-0.1, -0.05) is 5.16 Å². The number of piperazine rings is 1. The minimum Gasteiger partial charge on any atom is -0.383 e. The standard InChI is InChI=1S/C14H24N4O3/c1-11-10-13(16-21-11)15-14(19)12(2)18-6-4-17(5-7-18)8-9-20-3/h10,12H,4-9H2,1-3H3,(H,15,16,19)/t12-/m0/s1. The summed E-state index contributed by atoms with van der Waals surface area (Å²) in [6, 6.07) is 1.54. The van der Waals surface area contributed by atoms with Gasteiger partial charge in [-0.3, -0.25) is 14.6 Å². The molecule has 1 aliphatic heterocycles. The zero-order chi connectivity index (χ0) is 15.2. The van der Waals surface area contributed by atoms with Crippen LogP contribution in [0.5, 0.6) is 0 Å². The number of carbonyl (C=O) groups excluding carboxylic acids is 1. The van der Waals surface area contributed by atoms with Crippen LogP contribution < -0.4 is 5.32 Å². The number of nitrogens with one attached hydrogen (secondary N) is 1. The third kappa shape index (κ3) is 4.52. The first-order chi connectivity index (χ1) is 10.1. The molecular weight excluding hydrogens is 272 g/mol. The molecule has 0 radical (unpaired) electrons. The molecule has 1 N–H and O–H groups in total. The maximum absolute atomic E-state index is 12.2. The molecule has 2 rings (SSSR count). The van der Waals surface area contributed by atoms with Crippen LogP contribution >= 0.6 is 0 Å². The summed E-state index contributed by atoms with van der Waals surface area (Å²) in [6.07, 6.45) is 0. The average molecular weight is 296 g/mol. The van der Waals surface area contributed by atoms with Crippen LogP contribution in [0.2, 0.25) is 0 Å². The first kappa shape index (κ1) is 15.9. The van der Waals surface area contributed by atoms with Gasteiger partial charge in [0.15, 0.2) is 5.82 Å². The van der Waals surface area contributed by atoms with E-state index in [-0.39, 0.29) is 11.9 Å². The van der Waals surface area contributed by atoms with Crippen molar-refractivity contribution in [2.75, 3.05) is 51.8 Å². The van der Waals surface area contributed by atoms with Crippen molar-refractivity contribution in [3.8, 4) is 0 Å². The van der Waals surface area contributed by atoms with Crippen LogP contribution in [-0.2, 0) is 9.53 Å². The summed E-state index contributed by atoms with van der Waals surface area (Å²) in [6.45, 7) is 9.11. The molecule has 1 amide bonds. The van der Waals surface area contributed by atoms with E-state index >= 15 is 0 Å². The second-order valence-electron chi connectivity index (χ2n) is 5.36. The molecule has 1 saturated heterocycles. The highest BCUT2D eigenvalue weighted by molar-refractivity contribution is 5.93. The highest BCUT2D eigenvalue weighted by Crippen LogP contribution is 2.11. The molecular formula is C14H24N4O3. The minimum atomic E-state index is -0.174. The Balaban J connectivity index is 1.78. The fourth-order valence-corrected chi connectivity index (χ4v) is 2.42. The van der Waals surface area contributed by atoms with Gasteiger partial charge in [-0.05, 0) is 13.8 Å². The molecule has 0 aromatic carbocycles. The predicted octanol–water partition coefficient (Wildman–Crippen LogP) is 0.574. The lowest BCUT2D eigenvalue weighted by atomic mass is 10.2. The molecule has 118 valence electrons. The number of amides is 1. The minimum absolute atomic E-state index is 0.0476. The van der Waals surface area contributed by atoms with E-state index < -0.39 is 0 Å². The maximum Gasteiger partial charge on any atom is 0.242 e. The fourth-order valence-electron chi connectivity index (χ4n) is 2.42. The number of ether oxygens (including phenoxy) is 1. The molecule has 0 spiro atoms. The molecule has 1 aromatic heterocycles. The molecule has 0 aliphatic carbocycles. The smallest absolute Gasteiger partial charge is 0.242 e. The van der Waals surface area contributed by atoms with Crippen molar-refractivity contribution in [3.05, 3.63) is 11.8 Å². The van der Waals surface area contributed by atoms with Gasteiger partial charge >= 0.3 is 0 Å². The van der Waals surface area contributed by atoms with Crippen LogP contribution in [0.3, 0.4) is 0 Å². The number of carbonyl (C=O) groups is 1. The van der Waals surface area contributed by atoms with Crippen molar-refractivity contribution in [2.24, 2.45) is 0 Å². The Morgan fingerprint density at radius 2 is 2.19 bits per heavy atom. The summed E-state index contributed by atoms with van der Waals surface area (Å²) in [5.41, 5.74) is 0. The van der Waals surface area contributed by atoms with Crippen molar-refractivity contribution in [2.45, 2.75) is 19.9 Å². The molecule has 1 atom stereocenters. The maximum atomic E-state index is 12.2. The van der Waals surface area contributed by atoms with E-state index in [1.807, 2.05) is 6.92 Å². The Morgan fingerprint density at radius 1 is 1.48 bits per heavy atom. The van der Waals surface area contributed by atoms with Gasteiger partial charge in [0.1, 0.15) is 5.76 Å². The van der Waals surface area contributed by atoms with Crippen LogP contribution in [-0.4, -0.2) is 73.3 Å².